The molecule has 0 aromatic heterocycles. The van der Waals surface area contributed by atoms with Crippen molar-refractivity contribution in [2.75, 3.05) is 7.11 Å². The maximum atomic E-state index is 13.8. The van der Waals surface area contributed by atoms with Gasteiger partial charge < -0.3 is 4.74 Å². The molecular weight excluding hydrogens is 246 g/mol. The lowest BCUT2D eigenvalue weighted by Gasteiger charge is -2.08. The summed E-state index contributed by atoms with van der Waals surface area (Å²) in [7, 11) is 1.30. The van der Waals surface area contributed by atoms with Gasteiger partial charge in [0.25, 0.3) is 0 Å². The Labute approximate surface area is 112 Å². The van der Waals surface area contributed by atoms with Crippen molar-refractivity contribution in [1.29, 1.82) is 0 Å². The first-order valence-corrected chi connectivity index (χ1v) is 5.42. The fraction of sp³-hybridized carbons (Fsp3) is 0.125. The van der Waals surface area contributed by atoms with E-state index in [4.69, 9.17) is 4.74 Å². The van der Waals surface area contributed by atoms with Crippen LogP contribution < -0.4 is 4.74 Å². The summed E-state index contributed by atoms with van der Waals surface area (Å²) < 4.78 is 32.1. The van der Waals surface area contributed by atoms with E-state index in [9.17, 15) is 8.78 Å². The smallest absolute Gasteiger partial charge is 0.201 e. The Kier molecular flexibility index (Phi) is 4.81. The molecule has 100 valence electrons. The summed E-state index contributed by atoms with van der Waals surface area (Å²) >= 11 is 0. The topological polar surface area (TPSA) is 9.23 Å². The summed E-state index contributed by atoms with van der Waals surface area (Å²) in [5, 5.41) is 0. The second-order valence-corrected chi connectivity index (χ2v) is 3.77. The largest absolute Gasteiger partial charge is 0.494 e. The van der Waals surface area contributed by atoms with Crippen LogP contribution in [0.4, 0.5) is 8.78 Å². The lowest BCUT2D eigenvalue weighted by atomic mass is 10.0. The molecule has 0 amide bonds. The molecule has 2 aromatic rings. The van der Waals surface area contributed by atoms with Crippen molar-refractivity contribution in [3.63, 3.8) is 0 Å². The number of benzene rings is 2. The summed E-state index contributed by atoms with van der Waals surface area (Å²) in [5.41, 5.74) is 1.75. The molecule has 0 heterocycles. The van der Waals surface area contributed by atoms with Crippen LogP contribution in [0.25, 0.3) is 17.2 Å². The minimum Gasteiger partial charge on any atom is -0.494 e. The van der Waals surface area contributed by atoms with Gasteiger partial charge in [-0.3, -0.25) is 0 Å². The fourth-order valence-electron chi connectivity index (χ4n) is 1.71. The van der Waals surface area contributed by atoms with Gasteiger partial charge in [0.2, 0.25) is 5.82 Å². The maximum Gasteiger partial charge on any atom is 0.201 e. The number of rotatable bonds is 3. The Morgan fingerprint density at radius 1 is 1.00 bits per heavy atom. The van der Waals surface area contributed by atoms with Gasteiger partial charge in [-0.25, -0.2) is 4.39 Å². The molecule has 0 N–H and O–H groups in total. The summed E-state index contributed by atoms with van der Waals surface area (Å²) in [6.07, 6.45) is 1.69. The van der Waals surface area contributed by atoms with Crippen molar-refractivity contribution < 1.29 is 13.5 Å². The molecule has 0 saturated heterocycles. The van der Waals surface area contributed by atoms with E-state index in [0.29, 0.717) is 5.56 Å². The van der Waals surface area contributed by atoms with Crippen molar-refractivity contribution in [1.82, 2.24) is 0 Å². The van der Waals surface area contributed by atoms with E-state index in [1.165, 1.54) is 19.2 Å². The van der Waals surface area contributed by atoms with Gasteiger partial charge in [-0.15, -0.1) is 0 Å². The first-order chi connectivity index (χ1) is 8.67. The Bertz CT molecular complexity index is 574. The molecule has 2 aromatic carbocycles. The lowest BCUT2D eigenvalue weighted by molar-refractivity contribution is 0.372. The zero-order valence-electron chi connectivity index (χ0n) is 9.91. The Morgan fingerprint density at radius 3 is 2.16 bits per heavy atom. The molecule has 0 bridgehead atoms. The third-order valence-electron chi connectivity index (χ3n) is 2.72. The first kappa shape index (κ1) is 14.9. The molecular formula is C16H16F2O. The number of ether oxygens (including phenoxy) is 1. The predicted octanol–water partition coefficient (Wildman–Crippen LogP) is 4.92. The van der Waals surface area contributed by atoms with Crippen LogP contribution >= 0.6 is 0 Å². The van der Waals surface area contributed by atoms with Crippen LogP contribution in [0.2, 0.25) is 0 Å². The van der Waals surface area contributed by atoms with Crippen molar-refractivity contribution in [2.45, 2.75) is 7.43 Å². The molecule has 0 atom stereocenters. The normalized spacial score (nSPS) is 9.63. The third-order valence-corrected chi connectivity index (χ3v) is 2.72. The number of hydrogen-bond acceptors (Lipinski definition) is 1. The highest BCUT2D eigenvalue weighted by molar-refractivity contribution is 5.67. The second-order valence-electron chi connectivity index (χ2n) is 3.77. The van der Waals surface area contributed by atoms with Crippen LogP contribution in [0.1, 0.15) is 13.0 Å². The van der Waals surface area contributed by atoms with Gasteiger partial charge in [-0.05, 0) is 23.3 Å². The summed E-state index contributed by atoms with van der Waals surface area (Å²) in [6.45, 7) is 3.64. The maximum absolute atomic E-state index is 13.8. The number of hydrogen-bond donors (Lipinski definition) is 0. The van der Waals surface area contributed by atoms with Crippen molar-refractivity contribution in [2.24, 2.45) is 0 Å². The van der Waals surface area contributed by atoms with Crippen molar-refractivity contribution >= 4 is 6.08 Å². The van der Waals surface area contributed by atoms with E-state index in [-0.39, 0.29) is 18.7 Å². The SMILES string of the molecule is C.C=Cc1ccc(-c2ccc(OC)c(F)c2F)cc1. The van der Waals surface area contributed by atoms with E-state index in [0.717, 1.165) is 5.56 Å². The van der Waals surface area contributed by atoms with Crippen LogP contribution in [0.5, 0.6) is 5.75 Å². The van der Waals surface area contributed by atoms with E-state index in [1.54, 1.807) is 30.3 Å². The minimum absolute atomic E-state index is 0. The van der Waals surface area contributed by atoms with Gasteiger partial charge >= 0.3 is 0 Å². The molecule has 1 nitrogen and oxygen atoms in total. The minimum atomic E-state index is -0.970. The highest BCUT2D eigenvalue weighted by Crippen LogP contribution is 2.29. The highest BCUT2D eigenvalue weighted by atomic mass is 19.2. The molecule has 0 radical (unpaired) electrons. The van der Waals surface area contributed by atoms with Crippen molar-refractivity contribution in [3.8, 4) is 16.9 Å². The van der Waals surface area contributed by atoms with Crippen molar-refractivity contribution in [3.05, 3.63) is 60.2 Å². The molecule has 19 heavy (non-hydrogen) atoms. The lowest BCUT2D eigenvalue weighted by Crippen LogP contribution is -1.94. The van der Waals surface area contributed by atoms with Gasteiger partial charge in [0.15, 0.2) is 11.6 Å². The summed E-state index contributed by atoms with van der Waals surface area (Å²) in [4.78, 5) is 0. The zero-order valence-corrected chi connectivity index (χ0v) is 9.91. The monoisotopic (exact) mass is 262 g/mol. The van der Waals surface area contributed by atoms with Gasteiger partial charge in [0.05, 0.1) is 7.11 Å². The van der Waals surface area contributed by atoms with Gasteiger partial charge in [-0.2, -0.15) is 4.39 Å². The zero-order chi connectivity index (χ0) is 13.1. The summed E-state index contributed by atoms with van der Waals surface area (Å²) in [6, 6.07) is 9.95. The Hall–Kier alpha value is -2.16. The molecule has 3 heteroatoms. The summed E-state index contributed by atoms with van der Waals surface area (Å²) in [5.74, 6) is -1.97. The third kappa shape index (κ3) is 2.81. The average Bonchev–Trinajstić information content (AvgIpc) is 2.42. The van der Waals surface area contributed by atoms with E-state index < -0.39 is 11.6 Å². The molecule has 0 aliphatic rings. The average molecular weight is 262 g/mol. The van der Waals surface area contributed by atoms with E-state index in [1.807, 2.05) is 0 Å². The van der Waals surface area contributed by atoms with Gasteiger partial charge in [-0.1, -0.05) is 44.3 Å². The molecule has 0 unspecified atom stereocenters. The van der Waals surface area contributed by atoms with Crippen LogP contribution in [-0.2, 0) is 0 Å². The highest BCUT2D eigenvalue weighted by Gasteiger charge is 2.14. The second kappa shape index (κ2) is 6.14. The quantitative estimate of drug-likeness (QED) is 0.763. The van der Waals surface area contributed by atoms with Gasteiger partial charge in [0.1, 0.15) is 0 Å². The standard InChI is InChI=1S/C15H12F2O.CH4/c1-3-10-4-6-11(7-5-10)12-8-9-13(18-2)15(17)14(12)16;/h3-9H,1H2,2H3;1H4. The molecule has 0 fully saturated rings. The van der Waals surface area contributed by atoms with Crippen LogP contribution in [0, 0.1) is 11.6 Å². The fourth-order valence-corrected chi connectivity index (χ4v) is 1.71. The van der Waals surface area contributed by atoms with Crippen LogP contribution in [0.3, 0.4) is 0 Å². The Balaban J connectivity index is 0.00000180. The van der Waals surface area contributed by atoms with E-state index in [2.05, 4.69) is 6.58 Å². The molecule has 0 spiro atoms. The van der Waals surface area contributed by atoms with Crippen LogP contribution in [-0.4, -0.2) is 7.11 Å². The molecule has 2 rings (SSSR count). The van der Waals surface area contributed by atoms with E-state index >= 15 is 0 Å². The first-order valence-electron chi connectivity index (χ1n) is 5.42. The number of halogens is 2. The Morgan fingerprint density at radius 2 is 1.63 bits per heavy atom. The molecule has 0 saturated carbocycles. The predicted molar refractivity (Wildman–Crippen MR) is 75.2 cm³/mol. The van der Waals surface area contributed by atoms with Crippen LogP contribution in [0.15, 0.2) is 43.0 Å². The number of methoxy groups -OCH3 is 1. The van der Waals surface area contributed by atoms with Gasteiger partial charge in [0, 0.05) is 5.56 Å². The molecule has 0 aliphatic heterocycles. The molecule has 0 aliphatic carbocycles.